The van der Waals surface area contributed by atoms with Crippen molar-refractivity contribution in [3.8, 4) is 34.3 Å². The van der Waals surface area contributed by atoms with E-state index in [1.54, 1.807) is 29.9 Å². The van der Waals surface area contributed by atoms with Crippen molar-refractivity contribution >= 4 is 22.5 Å². The van der Waals surface area contributed by atoms with Gasteiger partial charge in [0, 0.05) is 23.3 Å². The van der Waals surface area contributed by atoms with Crippen molar-refractivity contribution in [1.29, 1.82) is 0 Å². The second-order valence-corrected chi connectivity index (χ2v) is 9.09. The Hall–Kier alpha value is -3.69. The molecule has 1 aromatic heterocycles. The van der Waals surface area contributed by atoms with E-state index in [2.05, 4.69) is 0 Å². The maximum atomic E-state index is 14.1. The fourth-order valence-corrected chi connectivity index (χ4v) is 5.19. The Morgan fingerprint density at radius 3 is 2.47 bits per heavy atom. The fourth-order valence-electron chi connectivity index (χ4n) is 4.24. The van der Waals surface area contributed by atoms with Crippen LogP contribution >= 0.6 is 11.8 Å². The Bertz CT molecular complexity index is 1470. The smallest absolute Gasteiger partial charge is 0.264 e. The number of aromatic nitrogens is 1. The van der Waals surface area contributed by atoms with E-state index < -0.39 is 6.23 Å². The van der Waals surface area contributed by atoms with Gasteiger partial charge in [0.1, 0.15) is 12.0 Å². The summed E-state index contributed by atoms with van der Waals surface area (Å²) in [6.45, 7) is 0.148. The first-order valence-corrected chi connectivity index (χ1v) is 12.1. The standard InChI is InChI=1S/C27H24FNO6S/c1-31-22-11-5-17-12-20(16-4-10-21-23(13-16)35-15-34-21)29(27(30)25(17)26(22)33-3)24(32-2)14-36-19-8-6-18(28)7-9-19/h4-13,24H,14-15H2,1-3H3. The molecule has 36 heavy (non-hydrogen) atoms. The predicted molar refractivity (Wildman–Crippen MR) is 136 cm³/mol. The Morgan fingerprint density at radius 2 is 1.75 bits per heavy atom. The van der Waals surface area contributed by atoms with Crippen LogP contribution in [-0.2, 0) is 4.74 Å². The highest BCUT2D eigenvalue weighted by Gasteiger charge is 2.24. The average molecular weight is 510 g/mol. The third kappa shape index (κ3) is 4.36. The van der Waals surface area contributed by atoms with E-state index in [-0.39, 0.29) is 18.2 Å². The fraction of sp³-hybridized carbons (Fsp3) is 0.222. The Balaban J connectivity index is 1.69. The van der Waals surface area contributed by atoms with Crippen LogP contribution in [0.15, 0.2) is 70.4 Å². The third-order valence-electron chi connectivity index (χ3n) is 6.00. The van der Waals surface area contributed by atoms with E-state index in [4.69, 9.17) is 23.7 Å². The maximum Gasteiger partial charge on any atom is 0.264 e. The van der Waals surface area contributed by atoms with Crippen molar-refractivity contribution < 1.29 is 28.1 Å². The lowest BCUT2D eigenvalue weighted by Gasteiger charge is -2.24. The van der Waals surface area contributed by atoms with Crippen LogP contribution in [0.1, 0.15) is 6.23 Å². The van der Waals surface area contributed by atoms with E-state index in [0.29, 0.717) is 45.2 Å². The van der Waals surface area contributed by atoms with E-state index in [0.717, 1.165) is 10.5 Å². The van der Waals surface area contributed by atoms with Gasteiger partial charge in [-0.3, -0.25) is 9.36 Å². The van der Waals surface area contributed by atoms with E-state index in [1.807, 2.05) is 30.3 Å². The zero-order valence-corrected chi connectivity index (χ0v) is 20.8. The number of hydrogen-bond donors (Lipinski definition) is 0. The first-order valence-electron chi connectivity index (χ1n) is 11.2. The third-order valence-corrected chi connectivity index (χ3v) is 7.05. The molecule has 2 heterocycles. The Labute approximate surface area is 211 Å². The lowest BCUT2D eigenvalue weighted by Crippen LogP contribution is -2.29. The number of pyridine rings is 1. The predicted octanol–water partition coefficient (Wildman–Crippen LogP) is 5.49. The van der Waals surface area contributed by atoms with Crippen LogP contribution in [0.3, 0.4) is 0 Å². The van der Waals surface area contributed by atoms with Crippen molar-refractivity contribution in [2.75, 3.05) is 33.9 Å². The van der Waals surface area contributed by atoms with E-state index >= 15 is 0 Å². The first kappa shape index (κ1) is 24.0. The molecule has 0 amide bonds. The number of methoxy groups -OCH3 is 3. The van der Waals surface area contributed by atoms with Crippen molar-refractivity contribution in [2.24, 2.45) is 0 Å². The molecule has 0 bridgehead atoms. The molecular weight excluding hydrogens is 485 g/mol. The summed E-state index contributed by atoms with van der Waals surface area (Å²) >= 11 is 1.46. The molecular formula is C27H24FNO6S. The molecule has 0 saturated carbocycles. The summed E-state index contributed by atoms with van der Waals surface area (Å²) < 4.78 is 42.9. The highest BCUT2D eigenvalue weighted by molar-refractivity contribution is 7.99. The number of rotatable bonds is 8. The van der Waals surface area contributed by atoms with E-state index in [1.165, 1.54) is 38.1 Å². The van der Waals surface area contributed by atoms with Gasteiger partial charge in [-0.2, -0.15) is 0 Å². The second kappa shape index (κ2) is 10.1. The van der Waals surface area contributed by atoms with Crippen LogP contribution in [0.5, 0.6) is 23.0 Å². The molecule has 0 spiro atoms. The molecule has 9 heteroatoms. The van der Waals surface area contributed by atoms with E-state index in [9.17, 15) is 9.18 Å². The van der Waals surface area contributed by atoms with Crippen molar-refractivity contribution in [1.82, 2.24) is 4.57 Å². The molecule has 1 aliphatic rings. The first-order chi connectivity index (χ1) is 17.5. The van der Waals surface area contributed by atoms with Crippen LogP contribution in [-0.4, -0.2) is 38.4 Å². The molecule has 5 rings (SSSR count). The van der Waals surface area contributed by atoms with Gasteiger partial charge >= 0.3 is 0 Å². The quantitative estimate of drug-likeness (QED) is 0.291. The Kier molecular flexibility index (Phi) is 6.75. The lowest BCUT2D eigenvalue weighted by atomic mass is 10.0. The van der Waals surface area contributed by atoms with Crippen molar-refractivity contribution in [2.45, 2.75) is 11.1 Å². The molecule has 0 aliphatic carbocycles. The molecule has 0 fully saturated rings. The number of fused-ring (bicyclic) bond motifs is 2. The van der Waals surface area contributed by atoms with Gasteiger partial charge in [0.05, 0.1) is 25.3 Å². The molecule has 0 N–H and O–H groups in total. The van der Waals surface area contributed by atoms with Gasteiger partial charge in [0.15, 0.2) is 23.0 Å². The molecule has 1 atom stereocenters. The van der Waals surface area contributed by atoms with Crippen LogP contribution in [0.25, 0.3) is 22.0 Å². The van der Waals surface area contributed by atoms with Crippen molar-refractivity contribution in [3.63, 3.8) is 0 Å². The molecule has 0 saturated heterocycles. The minimum absolute atomic E-state index is 0.148. The normalized spacial score (nSPS) is 13.1. The summed E-state index contributed by atoms with van der Waals surface area (Å²) in [4.78, 5) is 15.0. The van der Waals surface area contributed by atoms with Gasteiger partial charge in [-0.05, 0) is 60.0 Å². The molecule has 186 valence electrons. The van der Waals surface area contributed by atoms with Crippen LogP contribution in [0, 0.1) is 5.82 Å². The number of halogens is 1. The zero-order chi connectivity index (χ0) is 25.2. The molecule has 4 aromatic rings. The maximum absolute atomic E-state index is 14.1. The van der Waals surface area contributed by atoms with Gasteiger partial charge in [-0.25, -0.2) is 4.39 Å². The van der Waals surface area contributed by atoms with Crippen LogP contribution in [0.4, 0.5) is 4.39 Å². The molecule has 0 radical (unpaired) electrons. The van der Waals surface area contributed by atoms with Gasteiger partial charge in [-0.15, -0.1) is 11.8 Å². The number of benzene rings is 3. The van der Waals surface area contributed by atoms with Gasteiger partial charge in [0.2, 0.25) is 6.79 Å². The lowest BCUT2D eigenvalue weighted by molar-refractivity contribution is 0.0634. The summed E-state index contributed by atoms with van der Waals surface area (Å²) in [7, 11) is 4.59. The minimum atomic E-state index is -0.645. The topological polar surface area (TPSA) is 68.2 Å². The highest BCUT2D eigenvalue weighted by Crippen LogP contribution is 2.39. The summed E-state index contributed by atoms with van der Waals surface area (Å²) in [6.07, 6.45) is -0.645. The summed E-state index contributed by atoms with van der Waals surface area (Å²) in [5.74, 6) is 2.16. The zero-order valence-electron chi connectivity index (χ0n) is 19.9. The molecule has 3 aromatic carbocycles. The van der Waals surface area contributed by atoms with Gasteiger partial charge in [0.25, 0.3) is 5.56 Å². The molecule has 7 nitrogen and oxygen atoms in total. The largest absolute Gasteiger partial charge is 0.493 e. The summed E-state index contributed by atoms with van der Waals surface area (Å²) in [6, 6.07) is 17.3. The molecule has 1 aliphatic heterocycles. The number of nitrogens with zero attached hydrogens (tertiary/aromatic N) is 1. The Morgan fingerprint density at radius 1 is 0.972 bits per heavy atom. The monoisotopic (exact) mass is 509 g/mol. The summed E-state index contributed by atoms with van der Waals surface area (Å²) in [5.41, 5.74) is 1.12. The molecule has 1 unspecified atom stereocenters. The van der Waals surface area contributed by atoms with Crippen molar-refractivity contribution in [3.05, 3.63) is 76.8 Å². The highest BCUT2D eigenvalue weighted by atomic mass is 32.2. The average Bonchev–Trinajstić information content (AvgIpc) is 3.38. The number of hydrogen-bond acceptors (Lipinski definition) is 7. The minimum Gasteiger partial charge on any atom is -0.493 e. The van der Waals surface area contributed by atoms with Crippen LogP contribution in [0.2, 0.25) is 0 Å². The number of thioether (sulfide) groups is 1. The van der Waals surface area contributed by atoms with Crippen LogP contribution < -0.4 is 24.5 Å². The number of ether oxygens (including phenoxy) is 5. The summed E-state index contributed by atoms with van der Waals surface area (Å²) in [5, 5.41) is 1.08. The van der Waals surface area contributed by atoms with Gasteiger partial charge in [-0.1, -0.05) is 6.07 Å². The second-order valence-electron chi connectivity index (χ2n) is 7.99. The van der Waals surface area contributed by atoms with Gasteiger partial charge < -0.3 is 23.7 Å². The SMILES string of the molecule is COc1ccc2cc(-c3ccc4c(c3)OCO4)n(C(CSc3ccc(F)cc3)OC)c(=O)c2c1OC.